The van der Waals surface area contributed by atoms with E-state index in [1.54, 1.807) is 12.1 Å². The summed E-state index contributed by atoms with van der Waals surface area (Å²) in [6.07, 6.45) is 2.24. The average molecular weight is 686 g/mol. The molecule has 0 unspecified atom stereocenters. The first kappa shape index (κ1) is 27.7. The summed E-state index contributed by atoms with van der Waals surface area (Å²) in [6, 6.07) is 7.12. The lowest BCUT2D eigenvalue weighted by Crippen LogP contribution is -2.20. The van der Waals surface area contributed by atoms with E-state index in [4.69, 9.17) is 0 Å². The Kier molecular flexibility index (Phi) is 11.3. The maximum absolute atomic E-state index is 10.4. The molecule has 5 nitrogen and oxygen atoms in total. The van der Waals surface area contributed by atoms with Crippen molar-refractivity contribution in [2.75, 3.05) is 13.2 Å². The Hall–Kier alpha value is -1.29. The normalized spacial score (nSPS) is 10.5. The maximum atomic E-state index is 10.4. The molecule has 0 aliphatic carbocycles. The third kappa shape index (κ3) is 7.37. The van der Waals surface area contributed by atoms with Crippen LogP contribution in [0.2, 0.25) is 0 Å². The summed E-state index contributed by atoms with van der Waals surface area (Å²) >= 11 is 13.9. The predicted octanol–water partition coefficient (Wildman–Crippen LogP) is 7.99. The van der Waals surface area contributed by atoms with Gasteiger partial charge in [0.25, 0.3) is 0 Å². The third-order valence-corrected chi connectivity index (χ3v) is 8.29. The highest BCUT2D eigenvalue weighted by Crippen LogP contribution is 2.51. The molecule has 2 aromatic rings. The SMILES string of the molecule is C=CCOC(=O)OCC=C.CC(C)(c1ccc(O)cc1)c1c(Br)c(Br)c(O)c(Br)c1Br. The van der Waals surface area contributed by atoms with Gasteiger partial charge in [0.15, 0.2) is 0 Å². The molecule has 0 bridgehead atoms. The maximum Gasteiger partial charge on any atom is 0.508 e. The molecule has 0 aliphatic heterocycles. The van der Waals surface area contributed by atoms with Crippen LogP contribution in [0.25, 0.3) is 0 Å². The summed E-state index contributed by atoms with van der Waals surface area (Å²) in [6.45, 7) is 11.2. The van der Waals surface area contributed by atoms with E-state index >= 15 is 0 Å². The summed E-state index contributed by atoms with van der Waals surface area (Å²) in [5.41, 5.74) is 1.69. The number of rotatable bonds is 6. The Morgan fingerprint density at radius 2 is 1.32 bits per heavy atom. The molecule has 2 rings (SSSR count). The topological polar surface area (TPSA) is 76.0 Å². The van der Waals surface area contributed by atoms with Crippen LogP contribution in [0.4, 0.5) is 4.79 Å². The van der Waals surface area contributed by atoms with Crippen molar-refractivity contribution >= 4 is 69.9 Å². The van der Waals surface area contributed by atoms with Gasteiger partial charge in [0.2, 0.25) is 0 Å². The van der Waals surface area contributed by atoms with E-state index in [1.807, 2.05) is 12.1 Å². The number of carbonyl (C=O) groups is 1. The van der Waals surface area contributed by atoms with Crippen LogP contribution in [0.5, 0.6) is 11.5 Å². The molecule has 0 fully saturated rings. The molecule has 0 heterocycles. The van der Waals surface area contributed by atoms with Crippen LogP contribution in [-0.4, -0.2) is 29.6 Å². The fraction of sp³-hybridized carbons (Fsp3) is 0.227. The molecular formula is C22H22Br4O5. The largest absolute Gasteiger partial charge is 0.508 e. The second kappa shape index (κ2) is 12.7. The van der Waals surface area contributed by atoms with Crippen molar-refractivity contribution in [3.8, 4) is 11.5 Å². The Morgan fingerprint density at radius 1 is 0.903 bits per heavy atom. The highest BCUT2D eigenvalue weighted by atomic mass is 79.9. The van der Waals surface area contributed by atoms with Gasteiger partial charge in [-0.05, 0) is 87.0 Å². The Balaban J connectivity index is 0.000000407. The minimum absolute atomic E-state index is 0.138. The van der Waals surface area contributed by atoms with E-state index in [0.29, 0.717) is 8.95 Å². The van der Waals surface area contributed by atoms with Gasteiger partial charge in [0.05, 0.1) is 8.95 Å². The van der Waals surface area contributed by atoms with Gasteiger partial charge < -0.3 is 19.7 Å². The number of carbonyl (C=O) groups excluding carboxylic acids is 1. The summed E-state index contributed by atoms with van der Waals surface area (Å²) < 4.78 is 11.7. The molecule has 0 spiro atoms. The first-order valence-electron chi connectivity index (χ1n) is 8.85. The van der Waals surface area contributed by atoms with E-state index in [0.717, 1.165) is 20.1 Å². The zero-order valence-corrected chi connectivity index (χ0v) is 23.3. The number of phenolic OH excluding ortho intramolecular Hbond substituents is 2. The van der Waals surface area contributed by atoms with Gasteiger partial charge in [-0.3, -0.25) is 0 Å². The van der Waals surface area contributed by atoms with Gasteiger partial charge in [-0.25, -0.2) is 4.79 Å². The van der Waals surface area contributed by atoms with Gasteiger partial charge in [-0.1, -0.05) is 51.3 Å². The fourth-order valence-electron chi connectivity index (χ4n) is 2.49. The van der Waals surface area contributed by atoms with Gasteiger partial charge in [-0.15, -0.1) is 0 Å². The first-order chi connectivity index (χ1) is 14.5. The second-order valence-electron chi connectivity index (χ2n) is 6.60. The van der Waals surface area contributed by atoms with E-state index in [1.165, 1.54) is 12.2 Å². The van der Waals surface area contributed by atoms with Crippen LogP contribution >= 0.6 is 63.7 Å². The molecule has 0 saturated carbocycles. The molecular weight excluding hydrogens is 664 g/mol. The number of hydrogen-bond acceptors (Lipinski definition) is 5. The minimum Gasteiger partial charge on any atom is -0.508 e. The third-order valence-electron chi connectivity index (χ3n) is 4.09. The predicted molar refractivity (Wildman–Crippen MR) is 137 cm³/mol. The Labute approximate surface area is 215 Å². The Bertz CT molecular complexity index is 897. The lowest BCUT2D eigenvalue weighted by Gasteiger charge is -2.30. The van der Waals surface area contributed by atoms with Crippen molar-refractivity contribution < 1.29 is 24.5 Å². The molecule has 31 heavy (non-hydrogen) atoms. The number of phenols is 2. The van der Waals surface area contributed by atoms with Gasteiger partial charge in [-0.2, -0.15) is 0 Å². The zero-order chi connectivity index (χ0) is 23.8. The quantitative estimate of drug-likeness (QED) is 0.183. The minimum atomic E-state index is -0.695. The zero-order valence-electron chi connectivity index (χ0n) is 16.9. The molecule has 0 radical (unpaired) electrons. The van der Waals surface area contributed by atoms with Crippen molar-refractivity contribution in [2.24, 2.45) is 0 Å². The van der Waals surface area contributed by atoms with Crippen molar-refractivity contribution in [3.05, 3.63) is 78.6 Å². The van der Waals surface area contributed by atoms with Crippen molar-refractivity contribution in [3.63, 3.8) is 0 Å². The van der Waals surface area contributed by atoms with Crippen LogP contribution in [0.15, 0.2) is 67.5 Å². The van der Waals surface area contributed by atoms with Gasteiger partial charge >= 0.3 is 6.16 Å². The lowest BCUT2D eigenvalue weighted by molar-refractivity contribution is 0.0718. The second-order valence-corrected chi connectivity index (χ2v) is 9.77. The summed E-state index contributed by atoms with van der Waals surface area (Å²) in [4.78, 5) is 10.4. The van der Waals surface area contributed by atoms with E-state index in [9.17, 15) is 15.0 Å². The van der Waals surface area contributed by atoms with Gasteiger partial charge in [0.1, 0.15) is 24.7 Å². The molecule has 0 aromatic heterocycles. The molecule has 0 amide bonds. The summed E-state index contributed by atoms with van der Waals surface area (Å²) in [7, 11) is 0. The molecule has 2 N–H and O–H groups in total. The highest BCUT2D eigenvalue weighted by molar-refractivity contribution is 9.14. The van der Waals surface area contributed by atoms with E-state index < -0.39 is 6.16 Å². The smallest absolute Gasteiger partial charge is 0.508 e. The number of hydrogen-bond donors (Lipinski definition) is 2. The summed E-state index contributed by atoms with van der Waals surface area (Å²) in [5, 5.41) is 19.5. The van der Waals surface area contributed by atoms with Crippen LogP contribution in [-0.2, 0) is 14.9 Å². The molecule has 9 heteroatoms. The lowest BCUT2D eigenvalue weighted by atomic mass is 9.78. The van der Waals surface area contributed by atoms with Gasteiger partial charge in [0, 0.05) is 14.4 Å². The average Bonchev–Trinajstić information content (AvgIpc) is 2.74. The number of benzene rings is 2. The van der Waals surface area contributed by atoms with E-state index in [-0.39, 0.29) is 30.1 Å². The first-order valence-corrected chi connectivity index (χ1v) is 12.0. The Morgan fingerprint density at radius 3 is 1.71 bits per heavy atom. The molecule has 0 saturated heterocycles. The summed E-state index contributed by atoms with van der Waals surface area (Å²) in [5.74, 6) is 0.375. The van der Waals surface area contributed by atoms with Crippen molar-refractivity contribution in [1.82, 2.24) is 0 Å². The fourth-order valence-corrected chi connectivity index (χ4v) is 5.58. The standard InChI is InChI=1S/C15H12Br4O2.C7H10O3/c1-15(2,7-3-5-8(20)6-4-7)9-10(16)12(18)14(21)13(19)11(9)17;1-3-5-9-7(8)10-6-4-2/h3-6,20-21H,1-2H3;3-4H,1-2,5-6H2. The molecule has 0 aliphatic rings. The number of aromatic hydroxyl groups is 2. The monoisotopic (exact) mass is 682 g/mol. The van der Waals surface area contributed by atoms with Crippen molar-refractivity contribution in [1.29, 1.82) is 0 Å². The molecule has 168 valence electrons. The molecule has 2 aromatic carbocycles. The van der Waals surface area contributed by atoms with Crippen LogP contribution in [0.3, 0.4) is 0 Å². The number of ether oxygens (including phenoxy) is 2. The van der Waals surface area contributed by atoms with Crippen LogP contribution < -0.4 is 0 Å². The van der Waals surface area contributed by atoms with Crippen LogP contribution in [0, 0.1) is 0 Å². The highest BCUT2D eigenvalue weighted by Gasteiger charge is 2.31. The van der Waals surface area contributed by atoms with E-state index in [2.05, 4.69) is 100 Å². The van der Waals surface area contributed by atoms with Crippen LogP contribution in [0.1, 0.15) is 25.0 Å². The molecule has 0 atom stereocenters. The van der Waals surface area contributed by atoms with Crippen molar-refractivity contribution in [2.45, 2.75) is 19.3 Å². The number of halogens is 4.